The predicted octanol–water partition coefficient (Wildman–Crippen LogP) is 6.04. The van der Waals surface area contributed by atoms with Gasteiger partial charge in [0.2, 0.25) is 0 Å². The second-order valence-electron chi connectivity index (χ2n) is 9.95. The van der Waals surface area contributed by atoms with Gasteiger partial charge in [-0.2, -0.15) is 13.2 Å². The Bertz CT molecular complexity index is 1460. The minimum absolute atomic E-state index is 0.00791. The number of hydrogen-bond acceptors (Lipinski definition) is 5. The van der Waals surface area contributed by atoms with Crippen LogP contribution in [0.2, 0.25) is 0 Å². The van der Waals surface area contributed by atoms with E-state index >= 15 is 0 Å². The number of carbonyl (C=O) groups is 1. The molecular formula is C26H26F3N3O4S. The van der Waals surface area contributed by atoms with Crippen molar-refractivity contribution in [3.05, 3.63) is 77.0 Å². The maximum absolute atomic E-state index is 13.9. The zero-order valence-corrected chi connectivity index (χ0v) is 21.4. The summed E-state index contributed by atoms with van der Waals surface area (Å²) in [5.41, 5.74) is 0.461. The van der Waals surface area contributed by atoms with Crippen molar-refractivity contribution in [2.45, 2.75) is 56.6 Å². The van der Waals surface area contributed by atoms with Gasteiger partial charge in [-0.05, 0) is 53.8 Å². The topological polar surface area (TPSA) is 99.6 Å². The van der Waals surface area contributed by atoms with E-state index in [1.54, 1.807) is 12.1 Å². The van der Waals surface area contributed by atoms with Gasteiger partial charge in [0.15, 0.2) is 0 Å². The highest BCUT2D eigenvalue weighted by Gasteiger charge is 2.36. The molecule has 1 atom stereocenters. The molecule has 0 spiro atoms. The largest absolute Gasteiger partial charge is 0.481 e. The number of carboxylic acid groups (broad SMARTS) is 1. The van der Waals surface area contributed by atoms with Gasteiger partial charge < -0.3 is 10.4 Å². The first-order valence-corrected chi connectivity index (χ1v) is 12.9. The van der Waals surface area contributed by atoms with Crippen LogP contribution in [0.1, 0.15) is 56.0 Å². The molecule has 4 rings (SSSR count). The number of sulfonamides is 1. The van der Waals surface area contributed by atoms with Gasteiger partial charge in [-0.25, -0.2) is 13.4 Å². The summed E-state index contributed by atoms with van der Waals surface area (Å²) in [7, 11) is -4.21. The van der Waals surface area contributed by atoms with Gasteiger partial charge in [0, 0.05) is 5.56 Å². The highest BCUT2D eigenvalue weighted by Crippen LogP contribution is 2.41. The highest BCUT2D eigenvalue weighted by molar-refractivity contribution is 7.92. The Morgan fingerprint density at radius 2 is 1.70 bits per heavy atom. The molecule has 1 unspecified atom stereocenters. The van der Waals surface area contributed by atoms with Gasteiger partial charge >= 0.3 is 12.1 Å². The Labute approximate surface area is 213 Å². The summed E-state index contributed by atoms with van der Waals surface area (Å²) in [6, 6.07) is 12.8. The lowest BCUT2D eigenvalue weighted by molar-refractivity contribution is -0.141. The Morgan fingerprint density at radius 1 is 1.05 bits per heavy atom. The first-order chi connectivity index (χ1) is 17.1. The molecule has 0 saturated carbocycles. The fourth-order valence-electron chi connectivity index (χ4n) is 3.99. The van der Waals surface area contributed by atoms with Crippen molar-refractivity contribution in [3.63, 3.8) is 0 Å². The normalized spacial score (nSPS) is 14.7. The van der Waals surface area contributed by atoms with Crippen LogP contribution in [0.3, 0.4) is 0 Å². The van der Waals surface area contributed by atoms with E-state index in [2.05, 4.69) is 10.3 Å². The second kappa shape index (κ2) is 9.05. The van der Waals surface area contributed by atoms with Crippen LogP contribution in [0.5, 0.6) is 0 Å². The minimum atomic E-state index is -4.69. The zero-order valence-electron chi connectivity index (χ0n) is 20.6. The number of aliphatic carboxylic acids is 1. The Balaban J connectivity index is 1.89. The molecule has 1 aromatic heterocycles. The maximum atomic E-state index is 13.9. The molecule has 11 heteroatoms. The lowest BCUT2D eigenvalue weighted by Gasteiger charge is -2.26. The van der Waals surface area contributed by atoms with Crippen LogP contribution < -0.4 is 9.62 Å². The van der Waals surface area contributed by atoms with E-state index in [9.17, 15) is 31.5 Å². The number of carboxylic acids is 1. The molecule has 0 amide bonds. The number of halogens is 3. The molecule has 1 aliphatic rings. The van der Waals surface area contributed by atoms with Crippen molar-refractivity contribution in [2.75, 3.05) is 9.62 Å². The quantitative estimate of drug-likeness (QED) is 0.424. The van der Waals surface area contributed by atoms with Crippen molar-refractivity contribution in [1.82, 2.24) is 4.98 Å². The number of aromatic nitrogens is 1. The van der Waals surface area contributed by atoms with Crippen molar-refractivity contribution in [2.24, 2.45) is 0 Å². The summed E-state index contributed by atoms with van der Waals surface area (Å²) in [6.07, 6.45) is -4.69. The lowest BCUT2D eigenvalue weighted by Crippen LogP contribution is -2.30. The van der Waals surface area contributed by atoms with Crippen LogP contribution in [0, 0.1) is 0 Å². The molecule has 0 radical (unpaired) electrons. The zero-order chi connectivity index (χ0) is 27.3. The molecule has 2 aromatic carbocycles. The summed E-state index contributed by atoms with van der Waals surface area (Å²) >= 11 is 0. The number of benzene rings is 2. The van der Waals surface area contributed by atoms with Crippen molar-refractivity contribution in [3.8, 4) is 0 Å². The standard InChI is InChI=1S/C26H26F3N3O4S/c1-15(24(33)34)16-5-11-20-21(13-16)32(14-17-6-12-22(26(27,28)29)31-23(17)30-20)37(35,36)19-9-7-18(8-10-19)25(2,3)4/h5-13,15H,14H2,1-4H3,(H,30,31)(H,33,34). The molecule has 37 heavy (non-hydrogen) atoms. The summed E-state index contributed by atoms with van der Waals surface area (Å²) in [4.78, 5) is 15.3. The molecule has 7 nitrogen and oxygen atoms in total. The molecule has 1 aliphatic heterocycles. The SMILES string of the molecule is CC(C(=O)O)c1ccc2c(c1)N(S(=O)(=O)c1ccc(C(C)(C)C)cc1)Cc1ccc(C(F)(F)F)nc1N2. The first-order valence-electron chi connectivity index (χ1n) is 11.4. The van der Waals surface area contributed by atoms with E-state index in [1.165, 1.54) is 43.3 Å². The Hall–Kier alpha value is -3.60. The van der Waals surface area contributed by atoms with E-state index in [0.29, 0.717) is 5.56 Å². The number of nitrogens with one attached hydrogen (secondary N) is 1. The fraction of sp³-hybridized carbons (Fsp3) is 0.308. The Morgan fingerprint density at radius 3 is 2.27 bits per heavy atom. The molecule has 3 aromatic rings. The Kier molecular flexibility index (Phi) is 6.48. The summed E-state index contributed by atoms with van der Waals surface area (Å²) < 4.78 is 68.8. The number of anilines is 3. The number of hydrogen-bond donors (Lipinski definition) is 2. The number of alkyl halides is 3. The maximum Gasteiger partial charge on any atom is 0.433 e. The molecule has 0 fully saturated rings. The summed E-state index contributed by atoms with van der Waals surface area (Å²) in [6.45, 7) is 7.14. The van der Waals surface area contributed by atoms with E-state index in [-0.39, 0.29) is 39.6 Å². The molecule has 0 aliphatic carbocycles. The van der Waals surface area contributed by atoms with Gasteiger partial charge in [-0.3, -0.25) is 9.10 Å². The van der Waals surface area contributed by atoms with Crippen LogP contribution in [-0.2, 0) is 33.0 Å². The van der Waals surface area contributed by atoms with Crippen LogP contribution in [0.4, 0.5) is 30.4 Å². The van der Waals surface area contributed by atoms with E-state index in [1.807, 2.05) is 20.8 Å². The van der Waals surface area contributed by atoms with Crippen LogP contribution in [-0.4, -0.2) is 24.5 Å². The smallest absolute Gasteiger partial charge is 0.433 e. The van der Waals surface area contributed by atoms with Gasteiger partial charge in [0.1, 0.15) is 11.5 Å². The second-order valence-corrected chi connectivity index (χ2v) is 11.8. The number of pyridine rings is 1. The number of rotatable bonds is 4. The number of nitrogens with zero attached hydrogens (tertiary/aromatic N) is 2. The lowest BCUT2D eigenvalue weighted by atomic mass is 9.87. The van der Waals surface area contributed by atoms with Gasteiger partial charge in [0.05, 0.1) is 28.7 Å². The van der Waals surface area contributed by atoms with E-state index in [4.69, 9.17) is 0 Å². The number of fused-ring (bicyclic) bond motifs is 2. The third-order valence-electron chi connectivity index (χ3n) is 6.31. The van der Waals surface area contributed by atoms with E-state index < -0.39 is 33.8 Å². The van der Waals surface area contributed by atoms with Crippen molar-refractivity contribution in [1.29, 1.82) is 0 Å². The average Bonchev–Trinajstić information content (AvgIpc) is 2.98. The first kappa shape index (κ1) is 26.5. The van der Waals surface area contributed by atoms with Crippen molar-refractivity contribution >= 4 is 33.2 Å². The minimum Gasteiger partial charge on any atom is -0.481 e. The molecule has 2 N–H and O–H groups in total. The average molecular weight is 534 g/mol. The summed E-state index contributed by atoms with van der Waals surface area (Å²) in [5, 5.41) is 12.3. The van der Waals surface area contributed by atoms with Crippen LogP contribution in [0.25, 0.3) is 0 Å². The summed E-state index contributed by atoms with van der Waals surface area (Å²) in [5.74, 6) is -2.18. The van der Waals surface area contributed by atoms with Crippen molar-refractivity contribution < 1.29 is 31.5 Å². The van der Waals surface area contributed by atoms with Gasteiger partial charge in [-0.15, -0.1) is 0 Å². The monoisotopic (exact) mass is 533 g/mol. The molecule has 0 bridgehead atoms. The molecule has 0 saturated heterocycles. The van der Waals surface area contributed by atoms with E-state index in [0.717, 1.165) is 15.9 Å². The van der Waals surface area contributed by atoms with Gasteiger partial charge in [0.25, 0.3) is 10.0 Å². The fourth-order valence-corrected chi connectivity index (χ4v) is 5.44. The predicted molar refractivity (Wildman–Crippen MR) is 134 cm³/mol. The molecule has 196 valence electrons. The van der Waals surface area contributed by atoms with Crippen LogP contribution in [0.15, 0.2) is 59.5 Å². The van der Waals surface area contributed by atoms with Gasteiger partial charge in [-0.1, -0.05) is 45.0 Å². The third kappa shape index (κ3) is 5.13. The van der Waals surface area contributed by atoms with Crippen LogP contribution >= 0.6 is 0 Å². The molecular weight excluding hydrogens is 507 g/mol. The highest BCUT2D eigenvalue weighted by atomic mass is 32.2. The molecule has 2 heterocycles. The third-order valence-corrected chi connectivity index (χ3v) is 8.08.